The van der Waals surface area contributed by atoms with Crippen molar-refractivity contribution in [2.45, 2.75) is 11.8 Å². The number of amides is 1. The van der Waals surface area contributed by atoms with E-state index in [-0.39, 0.29) is 10.6 Å². The first-order valence-corrected chi connectivity index (χ1v) is 8.51. The summed E-state index contributed by atoms with van der Waals surface area (Å²) in [6, 6.07) is 12.6. The summed E-state index contributed by atoms with van der Waals surface area (Å²) in [6.45, 7) is 1.35. The third kappa shape index (κ3) is 3.82. The highest BCUT2D eigenvalue weighted by molar-refractivity contribution is 7.92. The average molecular weight is 354 g/mol. The van der Waals surface area contributed by atoms with Crippen molar-refractivity contribution >= 4 is 33.2 Å². The molecule has 0 aliphatic rings. The van der Waals surface area contributed by atoms with Crippen molar-refractivity contribution in [3.05, 3.63) is 59.1 Å². The van der Waals surface area contributed by atoms with E-state index >= 15 is 0 Å². The number of hydrogen-bond donors (Lipinski definition) is 2. The number of sulfonamides is 1. The molecule has 6 nitrogen and oxygen atoms in total. The van der Waals surface area contributed by atoms with Crippen molar-refractivity contribution in [2.24, 2.45) is 5.84 Å². The number of carbonyl (C=O) groups is 1. The second-order valence-corrected chi connectivity index (χ2v) is 7.10. The number of nitrogens with two attached hydrogens (primary N) is 1. The first-order chi connectivity index (χ1) is 10.9. The van der Waals surface area contributed by atoms with Gasteiger partial charge in [-0.15, -0.1) is 0 Å². The SMILES string of the molecule is Cc1ccc(N(CC(=O)NN)S(=O)(=O)c2ccccc2)cc1Cl. The van der Waals surface area contributed by atoms with Gasteiger partial charge in [0, 0.05) is 5.02 Å². The molecule has 0 fully saturated rings. The van der Waals surface area contributed by atoms with Gasteiger partial charge in [-0.25, -0.2) is 14.3 Å². The second kappa shape index (κ2) is 6.99. The summed E-state index contributed by atoms with van der Waals surface area (Å²) < 4.78 is 26.7. The Kier molecular flexibility index (Phi) is 5.25. The van der Waals surface area contributed by atoms with E-state index in [1.165, 1.54) is 18.2 Å². The molecule has 0 aliphatic heterocycles. The van der Waals surface area contributed by atoms with E-state index in [1.54, 1.807) is 37.3 Å². The molecule has 23 heavy (non-hydrogen) atoms. The highest BCUT2D eigenvalue weighted by Gasteiger charge is 2.27. The van der Waals surface area contributed by atoms with Crippen LogP contribution in [0.5, 0.6) is 0 Å². The minimum Gasteiger partial charge on any atom is -0.293 e. The van der Waals surface area contributed by atoms with Gasteiger partial charge in [0.05, 0.1) is 10.6 Å². The highest BCUT2D eigenvalue weighted by atomic mass is 35.5. The number of carbonyl (C=O) groups excluding carboxylic acids is 1. The molecule has 2 rings (SSSR count). The molecule has 0 bridgehead atoms. The number of aryl methyl sites for hydroxylation is 1. The monoisotopic (exact) mass is 353 g/mol. The fourth-order valence-electron chi connectivity index (χ4n) is 1.95. The summed E-state index contributed by atoms with van der Waals surface area (Å²) in [5.74, 6) is 4.45. The molecular weight excluding hydrogens is 338 g/mol. The maximum absolute atomic E-state index is 12.8. The topological polar surface area (TPSA) is 92.5 Å². The van der Waals surface area contributed by atoms with E-state index in [2.05, 4.69) is 0 Å². The van der Waals surface area contributed by atoms with Crippen molar-refractivity contribution in [3.63, 3.8) is 0 Å². The molecule has 0 unspecified atom stereocenters. The Morgan fingerprint density at radius 3 is 2.43 bits per heavy atom. The molecular formula is C15H16ClN3O3S. The van der Waals surface area contributed by atoms with Crippen molar-refractivity contribution in [1.29, 1.82) is 0 Å². The molecule has 0 radical (unpaired) electrons. The predicted molar refractivity (Wildman–Crippen MR) is 89.5 cm³/mol. The Balaban J connectivity index is 2.54. The third-order valence-electron chi connectivity index (χ3n) is 3.22. The van der Waals surface area contributed by atoms with Gasteiger partial charge in [0.1, 0.15) is 6.54 Å². The van der Waals surface area contributed by atoms with Crippen LogP contribution in [0.4, 0.5) is 5.69 Å². The Labute approximate surface area is 139 Å². The zero-order chi connectivity index (χ0) is 17.0. The summed E-state index contributed by atoms with van der Waals surface area (Å²) >= 11 is 6.08. The number of hydrogen-bond acceptors (Lipinski definition) is 4. The first kappa shape index (κ1) is 17.3. The zero-order valence-corrected chi connectivity index (χ0v) is 13.9. The Morgan fingerprint density at radius 1 is 1.22 bits per heavy atom. The van der Waals surface area contributed by atoms with Crippen LogP contribution >= 0.6 is 11.6 Å². The summed E-state index contributed by atoms with van der Waals surface area (Å²) in [7, 11) is -3.93. The molecule has 0 aliphatic carbocycles. The van der Waals surface area contributed by atoms with Gasteiger partial charge in [-0.2, -0.15) is 0 Å². The number of rotatable bonds is 5. The van der Waals surface area contributed by atoms with E-state index in [0.717, 1.165) is 9.87 Å². The molecule has 122 valence electrons. The molecule has 3 N–H and O–H groups in total. The van der Waals surface area contributed by atoms with Crippen LogP contribution in [0.15, 0.2) is 53.4 Å². The maximum atomic E-state index is 12.8. The first-order valence-electron chi connectivity index (χ1n) is 6.69. The van der Waals surface area contributed by atoms with Crippen LogP contribution in [0.2, 0.25) is 5.02 Å². The molecule has 1 amide bonds. The number of nitrogens with zero attached hydrogens (tertiary/aromatic N) is 1. The Morgan fingerprint density at radius 2 is 1.87 bits per heavy atom. The lowest BCUT2D eigenvalue weighted by molar-refractivity contribution is -0.119. The number of anilines is 1. The summed E-state index contributed by atoms with van der Waals surface area (Å²) in [5.41, 5.74) is 3.02. The number of hydrazine groups is 1. The van der Waals surface area contributed by atoms with Crippen molar-refractivity contribution in [2.75, 3.05) is 10.8 Å². The van der Waals surface area contributed by atoms with Gasteiger partial charge < -0.3 is 0 Å². The summed E-state index contributed by atoms with van der Waals surface area (Å²) in [6.07, 6.45) is 0. The lowest BCUT2D eigenvalue weighted by atomic mass is 10.2. The van der Waals surface area contributed by atoms with Crippen LogP contribution in [0.25, 0.3) is 0 Å². The Hall–Kier alpha value is -2.09. The van der Waals surface area contributed by atoms with Crippen LogP contribution < -0.4 is 15.6 Å². The van der Waals surface area contributed by atoms with Crippen molar-refractivity contribution < 1.29 is 13.2 Å². The van der Waals surface area contributed by atoms with E-state index in [4.69, 9.17) is 17.4 Å². The third-order valence-corrected chi connectivity index (χ3v) is 5.42. The van der Waals surface area contributed by atoms with Crippen LogP contribution in [0.3, 0.4) is 0 Å². The minimum atomic E-state index is -3.93. The van der Waals surface area contributed by atoms with Gasteiger partial charge >= 0.3 is 0 Å². The smallest absolute Gasteiger partial charge is 0.264 e. The van der Waals surface area contributed by atoms with Crippen LogP contribution in [0.1, 0.15) is 5.56 Å². The fraction of sp³-hybridized carbons (Fsp3) is 0.133. The van der Waals surface area contributed by atoms with Crippen molar-refractivity contribution in [1.82, 2.24) is 5.43 Å². The van der Waals surface area contributed by atoms with Gasteiger partial charge in [-0.1, -0.05) is 35.9 Å². The van der Waals surface area contributed by atoms with E-state index in [9.17, 15) is 13.2 Å². The molecule has 0 saturated carbocycles. The molecule has 0 saturated heterocycles. The predicted octanol–water partition coefficient (Wildman–Crippen LogP) is 1.83. The molecule has 8 heteroatoms. The van der Waals surface area contributed by atoms with Gasteiger partial charge in [0.2, 0.25) is 0 Å². The number of benzene rings is 2. The minimum absolute atomic E-state index is 0.0709. The standard InChI is InChI=1S/C15H16ClN3O3S/c1-11-7-8-12(9-14(11)16)19(10-15(20)18-17)23(21,22)13-5-3-2-4-6-13/h2-9H,10,17H2,1H3,(H,18,20). The zero-order valence-electron chi connectivity index (χ0n) is 12.4. The summed E-state index contributed by atoms with van der Waals surface area (Å²) in [5, 5.41) is 0.406. The largest absolute Gasteiger partial charge is 0.293 e. The molecule has 0 aromatic heterocycles. The number of halogens is 1. The molecule has 0 heterocycles. The molecule has 0 atom stereocenters. The molecule has 2 aromatic carbocycles. The van der Waals surface area contributed by atoms with E-state index in [0.29, 0.717) is 5.02 Å². The van der Waals surface area contributed by atoms with Crippen LogP contribution in [-0.4, -0.2) is 20.9 Å². The van der Waals surface area contributed by atoms with Crippen LogP contribution in [0, 0.1) is 6.92 Å². The van der Waals surface area contributed by atoms with Gasteiger partial charge in [-0.3, -0.25) is 14.5 Å². The normalized spacial score (nSPS) is 11.1. The number of nitrogens with one attached hydrogen (secondary N) is 1. The van der Waals surface area contributed by atoms with E-state index < -0.39 is 22.5 Å². The van der Waals surface area contributed by atoms with Gasteiger partial charge in [-0.05, 0) is 36.8 Å². The van der Waals surface area contributed by atoms with Gasteiger partial charge in [0.15, 0.2) is 0 Å². The molecule has 2 aromatic rings. The van der Waals surface area contributed by atoms with Gasteiger partial charge in [0.25, 0.3) is 15.9 Å². The maximum Gasteiger partial charge on any atom is 0.264 e. The fourth-order valence-corrected chi connectivity index (χ4v) is 3.56. The van der Waals surface area contributed by atoms with Crippen LogP contribution in [-0.2, 0) is 14.8 Å². The quantitative estimate of drug-likeness (QED) is 0.487. The summed E-state index contributed by atoms with van der Waals surface area (Å²) in [4.78, 5) is 11.7. The van der Waals surface area contributed by atoms with E-state index in [1.807, 2.05) is 5.43 Å². The highest BCUT2D eigenvalue weighted by Crippen LogP contribution is 2.27. The average Bonchev–Trinajstić information content (AvgIpc) is 2.55. The van der Waals surface area contributed by atoms with Crippen molar-refractivity contribution in [3.8, 4) is 0 Å². The Bertz CT molecular complexity index is 810. The second-order valence-electron chi connectivity index (χ2n) is 4.83. The lowest BCUT2D eigenvalue weighted by Crippen LogP contribution is -2.43. The lowest BCUT2D eigenvalue weighted by Gasteiger charge is -2.24. The molecule has 0 spiro atoms.